The zero-order valence-electron chi connectivity index (χ0n) is 10.2. The van der Waals surface area contributed by atoms with Gasteiger partial charge in [-0.2, -0.15) is 0 Å². The molecule has 0 aromatic rings. The molecule has 1 aliphatic rings. The molecule has 1 rings (SSSR count). The number of ether oxygens (including phenoxy) is 3. The van der Waals surface area contributed by atoms with Gasteiger partial charge in [-0.15, -0.1) is 0 Å². The van der Waals surface area contributed by atoms with Gasteiger partial charge in [0.2, 0.25) is 6.29 Å². The second kappa shape index (κ2) is 4.71. The highest BCUT2D eigenvalue weighted by atomic mass is 16.8. The predicted octanol–water partition coefficient (Wildman–Crippen LogP) is 1.34. The van der Waals surface area contributed by atoms with Crippen molar-refractivity contribution < 1.29 is 23.8 Å². The summed E-state index contributed by atoms with van der Waals surface area (Å²) < 4.78 is 15.0. The van der Waals surface area contributed by atoms with Crippen molar-refractivity contribution in [2.24, 2.45) is 0 Å². The molecular weight excluding hydrogens is 224 g/mol. The highest BCUT2D eigenvalue weighted by molar-refractivity contribution is 5.87. The first kappa shape index (κ1) is 13.4. The lowest BCUT2D eigenvalue weighted by atomic mass is 10.2. The van der Waals surface area contributed by atoms with Gasteiger partial charge in [0.1, 0.15) is 6.61 Å². The first-order valence-electron chi connectivity index (χ1n) is 5.13. The van der Waals surface area contributed by atoms with Gasteiger partial charge in [-0.25, -0.2) is 9.59 Å². The van der Waals surface area contributed by atoms with Crippen LogP contribution in [0.3, 0.4) is 0 Å². The first-order chi connectivity index (χ1) is 7.76. The van der Waals surface area contributed by atoms with Crippen LogP contribution in [0.15, 0.2) is 24.3 Å². The van der Waals surface area contributed by atoms with Crippen molar-refractivity contribution in [3.63, 3.8) is 0 Å². The number of carbonyl (C=O) groups is 2. The number of hydrogen-bond acceptors (Lipinski definition) is 5. The molecule has 94 valence electrons. The van der Waals surface area contributed by atoms with Gasteiger partial charge in [-0.1, -0.05) is 13.2 Å². The summed E-state index contributed by atoms with van der Waals surface area (Å²) in [6.45, 7) is 11.7. The van der Waals surface area contributed by atoms with E-state index in [1.165, 1.54) is 0 Å². The monoisotopic (exact) mass is 240 g/mol. The van der Waals surface area contributed by atoms with E-state index in [1.807, 2.05) is 0 Å². The van der Waals surface area contributed by atoms with Gasteiger partial charge >= 0.3 is 11.9 Å². The fourth-order valence-electron chi connectivity index (χ4n) is 0.991. The summed E-state index contributed by atoms with van der Waals surface area (Å²) in [6, 6.07) is 0. The highest BCUT2D eigenvalue weighted by Gasteiger charge is 2.57. The lowest BCUT2D eigenvalue weighted by Crippen LogP contribution is -2.24. The Kier molecular flexibility index (Phi) is 3.72. The van der Waals surface area contributed by atoms with Crippen LogP contribution in [-0.2, 0) is 23.8 Å². The molecule has 0 aromatic carbocycles. The number of epoxide rings is 1. The van der Waals surface area contributed by atoms with Gasteiger partial charge in [-0.3, -0.25) is 0 Å². The molecule has 17 heavy (non-hydrogen) atoms. The standard InChI is InChI=1S/C12H16O5/c1-7(2)9(13)15-6-12(5)11(17-12)16-10(14)8(3)4/h11H,1,3,6H2,2,4-5H3. The molecule has 0 aromatic heterocycles. The summed E-state index contributed by atoms with van der Waals surface area (Å²) >= 11 is 0. The summed E-state index contributed by atoms with van der Waals surface area (Å²) in [5.41, 5.74) is -0.164. The molecule has 1 fully saturated rings. The van der Waals surface area contributed by atoms with Crippen molar-refractivity contribution in [3.8, 4) is 0 Å². The van der Waals surface area contributed by atoms with Gasteiger partial charge in [0.25, 0.3) is 0 Å². The van der Waals surface area contributed by atoms with Crippen molar-refractivity contribution >= 4 is 11.9 Å². The number of esters is 2. The van der Waals surface area contributed by atoms with Gasteiger partial charge in [0, 0.05) is 11.1 Å². The van der Waals surface area contributed by atoms with Gasteiger partial charge in [-0.05, 0) is 20.8 Å². The van der Waals surface area contributed by atoms with Crippen LogP contribution in [0.1, 0.15) is 20.8 Å². The quantitative estimate of drug-likeness (QED) is 0.412. The van der Waals surface area contributed by atoms with Crippen LogP contribution in [0.5, 0.6) is 0 Å². The van der Waals surface area contributed by atoms with Crippen molar-refractivity contribution in [3.05, 3.63) is 24.3 Å². The van der Waals surface area contributed by atoms with E-state index >= 15 is 0 Å². The topological polar surface area (TPSA) is 65.1 Å². The molecule has 5 heteroatoms. The SMILES string of the molecule is C=C(C)C(=O)OCC1(C)OC1OC(=O)C(=C)C. The molecule has 0 saturated carbocycles. The van der Waals surface area contributed by atoms with E-state index in [4.69, 9.17) is 14.2 Å². The average Bonchev–Trinajstić information content (AvgIpc) is 2.86. The summed E-state index contributed by atoms with van der Waals surface area (Å²) in [6.07, 6.45) is -0.690. The lowest BCUT2D eigenvalue weighted by Gasteiger charge is -2.08. The van der Waals surface area contributed by atoms with Crippen molar-refractivity contribution in [2.45, 2.75) is 32.7 Å². The Morgan fingerprint density at radius 1 is 1.24 bits per heavy atom. The number of rotatable bonds is 5. The smallest absolute Gasteiger partial charge is 0.335 e. The molecule has 0 bridgehead atoms. The maximum absolute atomic E-state index is 11.2. The second-order valence-electron chi connectivity index (χ2n) is 4.30. The Bertz CT molecular complexity index is 384. The third kappa shape index (κ3) is 3.42. The van der Waals surface area contributed by atoms with Gasteiger partial charge < -0.3 is 14.2 Å². The fraction of sp³-hybridized carbons (Fsp3) is 0.500. The molecule has 2 atom stereocenters. The zero-order chi connectivity index (χ0) is 13.2. The normalized spacial score (nSPS) is 25.9. The van der Waals surface area contributed by atoms with E-state index in [9.17, 15) is 9.59 Å². The molecule has 0 amide bonds. The summed E-state index contributed by atoms with van der Waals surface area (Å²) in [7, 11) is 0. The summed E-state index contributed by atoms with van der Waals surface area (Å²) in [5.74, 6) is -1.02. The number of carbonyl (C=O) groups excluding carboxylic acids is 2. The predicted molar refractivity (Wildman–Crippen MR) is 60.0 cm³/mol. The third-order valence-electron chi connectivity index (χ3n) is 2.22. The molecule has 1 aliphatic heterocycles. The van der Waals surface area contributed by atoms with E-state index < -0.39 is 23.8 Å². The van der Waals surface area contributed by atoms with Crippen LogP contribution in [0.4, 0.5) is 0 Å². The average molecular weight is 240 g/mol. The van der Waals surface area contributed by atoms with Crippen LogP contribution in [-0.4, -0.2) is 30.4 Å². The minimum atomic E-state index is -0.768. The van der Waals surface area contributed by atoms with Crippen LogP contribution in [0, 0.1) is 0 Å². The van der Waals surface area contributed by atoms with Gasteiger partial charge in [0.05, 0.1) is 0 Å². The van der Waals surface area contributed by atoms with E-state index in [2.05, 4.69) is 13.2 Å². The Labute approximate surface area is 100 Å². The molecule has 5 nitrogen and oxygen atoms in total. The van der Waals surface area contributed by atoms with Crippen LogP contribution in [0.25, 0.3) is 0 Å². The summed E-state index contributed by atoms with van der Waals surface area (Å²) in [5, 5.41) is 0. The van der Waals surface area contributed by atoms with E-state index in [0.717, 1.165) is 0 Å². The maximum atomic E-state index is 11.2. The molecule has 2 unspecified atom stereocenters. The molecule has 1 heterocycles. The Morgan fingerprint density at radius 3 is 2.24 bits per heavy atom. The van der Waals surface area contributed by atoms with Crippen LogP contribution < -0.4 is 0 Å². The Balaban J connectivity index is 2.37. The number of hydrogen-bond donors (Lipinski definition) is 0. The van der Waals surface area contributed by atoms with E-state index in [1.54, 1.807) is 20.8 Å². The lowest BCUT2D eigenvalue weighted by molar-refractivity contribution is -0.143. The van der Waals surface area contributed by atoms with Crippen molar-refractivity contribution in [1.82, 2.24) is 0 Å². The maximum Gasteiger partial charge on any atom is 0.335 e. The molecule has 0 spiro atoms. The molecule has 0 aliphatic carbocycles. The van der Waals surface area contributed by atoms with E-state index in [-0.39, 0.29) is 6.61 Å². The minimum absolute atomic E-state index is 0.0207. The second-order valence-corrected chi connectivity index (χ2v) is 4.30. The molecular formula is C12H16O5. The third-order valence-corrected chi connectivity index (χ3v) is 2.22. The Hall–Kier alpha value is -1.62. The highest BCUT2D eigenvalue weighted by Crippen LogP contribution is 2.37. The van der Waals surface area contributed by atoms with Crippen molar-refractivity contribution in [1.29, 1.82) is 0 Å². The Morgan fingerprint density at radius 2 is 1.76 bits per heavy atom. The molecule has 0 N–H and O–H groups in total. The fourth-order valence-corrected chi connectivity index (χ4v) is 0.991. The van der Waals surface area contributed by atoms with Crippen molar-refractivity contribution in [2.75, 3.05) is 6.61 Å². The summed E-state index contributed by atoms with van der Waals surface area (Å²) in [4.78, 5) is 22.4. The largest absolute Gasteiger partial charge is 0.459 e. The van der Waals surface area contributed by atoms with Crippen LogP contribution >= 0.6 is 0 Å². The first-order valence-corrected chi connectivity index (χ1v) is 5.13. The molecule has 0 radical (unpaired) electrons. The molecule has 1 saturated heterocycles. The van der Waals surface area contributed by atoms with Gasteiger partial charge in [0.15, 0.2) is 5.60 Å². The zero-order valence-corrected chi connectivity index (χ0v) is 10.2. The van der Waals surface area contributed by atoms with E-state index in [0.29, 0.717) is 11.1 Å². The minimum Gasteiger partial charge on any atom is -0.459 e. The van der Waals surface area contributed by atoms with Crippen LogP contribution in [0.2, 0.25) is 0 Å².